The average Bonchev–Trinajstić information content (AvgIpc) is 2.72. The van der Waals surface area contributed by atoms with E-state index in [0.29, 0.717) is 0 Å². The van der Waals surface area contributed by atoms with E-state index in [4.69, 9.17) is 11.5 Å². The molecule has 2 nitrogen and oxygen atoms in total. The number of rotatable bonds is 3. The molecule has 0 aliphatic heterocycles. The van der Waals surface area contributed by atoms with Gasteiger partial charge < -0.3 is 11.5 Å². The van der Waals surface area contributed by atoms with Crippen LogP contribution in [-0.4, -0.2) is 0 Å². The van der Waals surface area contributed by atoms with E-state index < -0.39 is 11.6 Å². The van der Waals surface area contributed by atoms with Crippen LogP contribution in [0.3, 0.4) is 0 Å². The summed E-state index contributed by atoms with van der Waals surface area (Å²) in [6, 6.07) is 25.0. The van der Waals surface area contributed by atoms with Gasteiger partial charge in [-0.3, -0.25) is 0 Å². The Morgan fingerprint density at radius 1 is 0.464 bits per heavy atom. The van der Waals surface area contributed by atoms with E-state index in [2.05, 4.69) is 0 Å². The molecule has 0 atom stereocenters. The number of halogens is 2. The van der Waals surface area contributed by atoms with Crippen molar-refractivity contribution in [1.82, 2.24) is 0 Å². The number of anilines is 2. The highest BCUT2D eigenvalue weighted by atomic mass is 19.1. The second kappa shape index (κ2) is 7.16. The highest BCUT2D eigenvalue weighted by molar-refractivity contribution is 5.91. The van der Waals surface area contributed by atoms with Crippen LogP contribution in [0.25, 0.3) is 33.4 Å². The molecule has 0 radical (unpaired) electrons. The van der Waals surface area contributed by atoms with Crippen LogP contribution in [0.1, 0.15) is 0 Å². The van der Waals surface area contributed by atoms with Crippen molar-refractivity contribution < 1.29 is 8.78 Å². The zero-order valence-electron chi connectivity index (χ0n) is 15.0. The highest BCUT2D eigenvalue weighted by Crippen LogP contribution is 2.38. The zero-order valence-corrected chi connectivity index (χ0v) is 15.0. The second-order valence-corrected chi connectivity index (χ2v) is 6.56. The molecule has 0 fully saturated rings. The first-order valence-electron chi connectivity index (χ1n) is 8.84. The molecule has 4 heteroatoms. The average molecular weight is 372 g/mol. The monoisotopic (exact) mass is 372 g/mol. The Morgan fingerprint density at radius 2 is 0.821 bits per heavy atom. The minimum Gasteiger partial charge on any atom is -0.396 e. The number of hydrogen-bond donors (Lipinski definition) is 2. The van der Waals surface area contributed by atoms with Crippen molar-refractivity contribution in [3.63, 3.8) is 0 Å². The van der Waals surface area contributed by atoms with Gasteiger partial charge >= 0.3 is 0 Å². The fourth-order valence-corrected chi connectivity index (χ4v) is 3.33. The van der Waals surface area contributed by atoms with Gasteiger partial charge in [-0.2, -0.15) is 0 Å². The lowest BCUT2D eigenvalue weighted by atomic mass is 9.89. The van der Waals surface area contributed by atoms with E-state index in [1.807, 2.05) is 48.5 Å². The normalized spacial score (nSPS) is 10.8. The third-order valence-electron chi connectivity index (χ3n) is 4.77. The third-order valence-corrected chi connectivity index (χ3v) is 4.77. The van der Waals surface area contributed by atoms with Gasteiger partial charge in [-0.25, -0.2) is 8.78 Å². The molecule has 28 heavy (non-hydrogen) atoms. The van der Waals surface area contributed by atoms with Crippen molar-refractivity contribution >= 4 is 11.4 Å². The lowest BCUT2D eigenvalue weighted by Gasteiger charge is -2.15. The minimum absolute atomic E-state index is 0.110. The van der Waals surface area contributed by atoms with Crippen LogP contribution in [-0.2, 0) is 0 Å². The molecule has 0 aliphatic rings. The SMILES string of the molecule is Nc1ccc(-c2ccccc2-c2ccccc2-c2ccc(N)c(F)c2)cc1F. The number of nitrogen functional groups attached to an aromatic ring is 2. The summed E-state index contributed by atoms with van der Waals surface area (Å²) in [5.74, 6) is -0.914. The summed E-state index contributed by atoms with van der Waals surface area (Å²) in [6.07, 6.45) is 0. The molecule has 0 spiro atoms. The van der Waals surface area contributed by atoms with Crippen LogP contribution in [0.5, 0.6) is 0 Å². The predicted molar refractivity (Wildman–Crippen MR) is 111 cm³/mol. The first kappa shape index (κ1) is 17.7. The molecule has 0 saturated carbocycles. The quantitative estimate of drug-likeness (QED) is 0.425. The molecule has 0 saturated heterocycles. The van der Waals surface area contributed by atoms with Crippen molar-refractivity contribution in [2.75, 3.05) is 11.5 Å². The van der Waals surface area contributed by atoms with Gasteiger partial charge in [0.15, 0.2) is 0 Å². The third kappa shape index (κ3) is 3.21. The van der Waals surface area contributed by atoms with Gasteiger partial charge in [-0.1, -0.05) is 60.7 Å². The molecular formula is C24H18F2N2. The van der Waals surface area contributed by atoms with Gasteiger partial charge in [-0.05, 0) is 57.6 Å². The summed E-state index contributed by atoms with van der Waals surface area (Å²) in [4.78, 5) is 0. The molecule has 0 aromatic heterocycles. The van der Waals surface area contributed by atoms with Crippen LogP contribution >= 0.6 is 0 Å². The first-order chi connectivity index (χ1) is 13.5. The van der Waals surface area contributed by atoms with Gasteiger partial charge in [0.05, 0.1) is 11.4 Å². The van der Waals surface area contributed by atoms with E-state index in [9.17, 15) is 8.78 Å². The maximum Gasteiger partial charge on any atom is 0.146 e. The van der Waals surface area contributed by atoms with Crippen LogP contribution in [0.2, 0.25) is 0 Å². The minimum atomic E-state index is -0.457. The Kier molecular flexibility index (Phi) is 4.53. The molecule has 4 N–H and O–H groups in total. The number of hydrogen-bond acceptors (Lipinski definition) is 2. The van der Waals surface area contributed by atoms with Crippen molar-refractivity contribution in [1.29, 1.82) is 0 Å². The molecular weight excluding hydrogens is 354 g/mol. The molecule has 0 bridgehead atoms. The summed E-state index contributed by atoms with van der Waals surface area (Å²) in [5.41, 5.74) is 16.5. The Balaban J connectivity index is 1.92. The summed E-state index contributed by atoms with van der Waals surface area (Å²) in [7, 11) is 0. The van der Waals surface area contributed by atoms with Gasteiger partial charge in [0.2, 0.25) is 0 Å². The van der Waals surface area contributed by atoms with E-state index in [-0.39, 0.29) is 11.4 Å². The Hall–Kier alpha value is -3.66. The maximum absolute atomic E-state index is 14.0. The fraction of sp³-hybridized carbons (Fsp3) is 0. The summed E-state index contributed by atoms with van der Waals surface area (Å²) in [5, 5.41) is 0. The molecule has 0 heterocycles. The summed E-state index contributed by atoms with van der Waals surface area (Å²) < 4.78 is 28.1. The van der Waals surface area contributed by atoms with Crippen molar-refractivity contribution in [3.8, 4) is 33.4 Å². The fourth-order valence-electron chi connectivity index (χ4n) is 3.33. The second-order valence-electron chi connectivity index (χ2n) is 6.56. The van der Waals surface area contributed by atoms with E-state index in [1.165, 1.54) is 12.1 Å². The molecule has 0 aliphatic carbocycles. The summed E-state index contributed by atoms with van der Waals surface area (Å²) in [6.45, 7) is 0. The topological polar surface area (TPSA) is 52.0 Å². The molecule has 4 aromatic carbocycles. The molecule has 0 amide bonds. The van der Waals surface area contributed by atoms with E-state index in [1.54, 1.807) is 24.3 Å². The first-order valence-corrected chi connectivity index (χ1v) is 8.84. The zero-order chi connectivity index (χ0) is 19.7. The smallest absolute Gasteiger partial charge is 0.146 e. The lowest BCUT2D eigenvalue weighted by molar-refractivity contribution is 0.632. The molecule has 4 rings (SSSR count). The van der Waals surface area contributed by atoms with Gasteiger partial charge in [0, 0.05) is 0 Å². The van der Waals surface area contributed by atoms with Crippen molar-refractivity contribution in [2.24, 2.45) is 0 Å². The summed E-state index contributed by atoms with van der Waals surface area (Å²) >= 11 is 0. The Bertz CT molecular complexity index is 1080. The van der Waals surface area contributed by atoms with Crippen molar-refractivity contribution in [3.05, 3.63) is 96.6 Å². The van der Waals surface area contributed by atoms with E-state index in [0.717, 1.165) is 33.4 Å². The van der Waals surface area contributed by atoms with Crippen LogP contribution < -0.4 is 11.5 Å². The van der Waals surface area contributed by atoms with Crippen molar-refractivity contribution in [2.45, 2.75) is 0 Å². The van der Waals surface area contributed by atoms with Gasteiger partial charge in [0.25, 0.3) is 0 Å². The molecule has 4 aromatic rings. The number of nitrogens with two attached hydrogens (primary N) is 2. The Labute approximate surface area is 162 Å². The van der Waals surface area contributed by atoms with Crippen LogP contribution in [0.4, 0.5) is 20.2 Å². The molecule has 0 unspecified atom stereocenters. The highest BCUT2D eigenvalue weighted by Gasteiger charge is 2.13. The van der Waals surface area contributed by atoms with E-state index >= 15 is 0 Å². The van der Waals surface area contributed by atoms with Crippen LogP contribution in [0.15, 0.2) is 84.9 Å². The molecule has 138 valence electrons. The van der Waals surface area contributed by atoms with Gasteiger partial charge in [0.1, 0.15) is 11.6 Å². The standard InChI is InChI=1S/C24H18F2N2/c25-21-13-15(9-11-23(21)27)17-5-1-3-7-19(17)20-8-4-2-6-18(20)16-10-12-24(28)22(26)14-16/h1-14H,27-28H2. The predicted octanol–water partition coefficient (Wildman–Crippen LogP) is 6.13. The van der Waals surface area contributed by atoms with Gasteiger partial charge in [-0.15, -0.1) is 0 Å². The lowest BCUT2D eigenvalue weighted by Crippen LogP contribution is -1.94. The maximum atomic E-state index is 14.0. The number of benzene rings is 4. The van der Waals surface area contributed by atoms with Crippen LogP contribution in [0, 0.1) is 11.6 Å². The largest absolute Gasteiger partial charge is 0.396 e. The Morgan fingerprint density at radius 3 is 1.18 bits per heavy atom.